The Balaban J connectivity index is 0.000000860. The standard InChI is InChI=1S/C22H32N4O2.2C2H6/c1-2-12-28-15-21(27)23-19-13-17-18(14-20(19)26-10-6-7-11-26)25-22(24-17)16-8-4-3-5-9-16;2*1-2/h13-14,16H,2-12,15H2,1H3,(H,23,27)(H,24,25);2*1-2H3. The van der Waals surface area contributed by atoms with Gasteiger partial charge in [0.15, 0.2) is 0 Å². The van der Waals surface area contributed by atoms with Crippen LogP contribution in [0.2, 0.25) is 0 Å². The molecule has 1 aliphatic heterocycles. The summed E-state index contributed by atoms with van der Waals surface area (Å²) >= 11 is 0. The van der Waals surface area contributed by atoms with Crippen LogP contribution in [-0.2, 0) is 9.53 Å². The third-order valence-electron chi connectivity index (χ3n) is 5.91. The lowest BCUT2D eigenvalue weighted by molar-refractivity contribution is -0.120. The number of aromatic nitrogens is 2. The number of anilines is 2. The van der Waals surface area contributed by atoms with Crippen LogP contribution in [0.1, 0.15) is 97.7 Å². The number of nitrogens with one attached hydrogen (secondary N) is 2. The highest BCUT2D eigenvalue weighted by atomic mass is 16.5. The third kappa shape index (κ3) is 6.96. The highest BCUT2D eigenvalue weighted by molar-refractivity contribution is 5.99. The molecule has 0 atom stereocenters. The van der Waals surface area contributed by atoms with Crippen molar-refractivity contribution in [3.8, 4) is 0 Å². The summed E-state index contributed by atoms with van der Waals surface area (Å²) < 4.78 is 5.41. The largest absolute Gasteiger partial charge is 0.372 e. The normalized spacial score (nSPS) is 16.2. The smallest absolute Gasteiger partial charge is 0.250 e. The molecule has 1 saturated carbocycles. The minimum atomic E-state index is -0.0970. The number of hydrogen-bond donors (Lipinski definition) is 2. The summed E-state index contributed by atoms with van der Waals surface area (Å²) in [5.41, 5.74) is 3.95. The molecule has 6 heteroatoms. The molecule has 0 radical (unpaired) electrons. The van der Waals surface area contributed by atoms with E-state index in [0.29, 0.717) is 12.5 Å². The molecule has 2 aliphatic rings. The van der Waals surface area contributed by atoms with Gasteiger partial charge in [0.05, 0.1) is 22.4 Å². The number of hydrogen-bond acceptors (Lipinski definition) is 4. The molecule has 2 fully saturated rings. The number of nitrogens with zero attached hydrogens (tertiary/aromatic N) is 2. The molecule has 2 heterocycles. The molecule has 1 aromatic carbocycles. The highest BCUT2D eigenvalue weighted by Gasteiger charge is 2.22. The van der Waals surface area contributed by atoms with Crippen molar-refractivity contribution in [2.24, 2.45) is 0 Å². The average molecular weight is 445 g/mol. The van der Waals surface area contributed by atoms with Gasteiger partial charge in [-0.05, 0) is 44.2 Å². The van der Waals surface area contributed by atoms with E-state index in [-0.39, 0.29) is 12.5 Å². The summed E-state index contributed by atoms with van der Waals surface area (Å²) in [6.45, 7) is 12.8. The minimum Gasteiger partial charge on any atom is -0.372 e. The molecule has 2 aromatic rings. The molecule has 0 spiro atoms. The second kappa shape index (κ2) is 14.1. The van der Waals surface area contributed by atoms with Gasteiger partial charge in [-0.3, -0.25) is 4.79 Å². The molecule has 0 bridgehead atoms. The van der Waals surface area contributed by atoms with Gasteiger partial charge in [-0.2, -0.15) is 0 Å². The van der Waals surface area contributed by atoms with E-state index in [1.807, 2.05) is 34.6 Å². The van der Waals surface area contributed by atoms with Crippen molar-refractivity contribution in [1.82, 2.24) is 9.97 Å². The molecule has 1 aliphatic carbocycles. The molecular weight excluding hydrogens is 400 g/mol. The first-order valence-electron chi connectivity index (χ1n) is 12.9. The van der Waals surface area contributed by atoms with Gasteiger partial charge >= 0.3 is 0 Å². The summed E-state index contributed by atoms with van der Waals surface area (Å²) in [6.07, 6.45) is 9.66. The van der Waals surface area contributed by atoms with Gasteiger partial charge in [0.25, 0.3) is 0 Å². The Morgan fingerprint density at radius 3 is 2.44 bits per heavy atom. The van der Waals surface area contributed by atoms with Gasteiger partial charge in [0, 0.05) is 25.6 Å². The third-order valence-corrected chi connectivity index (χ3v) is 5.91. The number of rotatable bonds is 7. The fraction of sp³-hybridized carbons (Fsp3) is 0.692. The van der Waals surface area contributed by atoms with Crippen LogP contribution in [-0.4, -0.2) is 42.2 Å². The van der Waals surface area contributed by atoms with Gasteiger partial charge in [-0.1, -0.05) is 53.9 Å². The lowest BCUT2D eigenvalue weighted by Gasteiger charge is -2.21. The van der Waals surface area contributed by atoms with Crippen LogP contribution in [0, 0.1) is 0 Å². The zero-order chi connectivity index (χ0) is 23.3. The van der Waals surface area contributed by atoms with Gasteiger partial charge < -0.3 is 19.9 Å². The van der Waals surface area contributed by atoms with Gasteiger partial charge in [0.1, 0.15) is 12.4 Å². The fourth-order valence-electron chi connectivity index (χ4n) is 4.45. The Hall–Kier alpha value is -2.08. The number of H-pyrrole nitrogens is 1. The van der Waals surface area contributed by atoms with E-state index in [0.717, 1.165) is 47.7 Å². The van der Waals surface area contributed by atoms with E-state index >= 15 is 0 Å². The Bertz CT molecular complexity index is 806. The average Bonchev–Trinajstić information content (AvgIpc) is 3.52. The maximum absolute atomic E-state index is 12.4. The highest BCUT2D eigenvalue weighted by Crippen LogP contribution is 2.36. The quantitative estimate of drug-likeness (QED) is 0.470. The van der Waals surface area contributed by atoms with Crippen molar-refractivity contribution in [3.63, 3.8) is 0 Å². The number of ether oxygens (including phenoxy) is 1. The van der Waals surface area contributed by atoms with Gasteiger partial charge in [0.2, 0.25) is 5.91 Å². The molecule has 180 valence electrons. The van der Waals surface area contributed by atoms with E-state index in [1.165, 1.54) is 44.9 Å². The van der Waals surface area contributed by atoms with E-state index in [1.54, 1.807) is 0 Å². The predicted molar refractivity (Wildman–Crippen MR) is 136 cm³/mol. The summed E-state index contributed by atoms with van der Waals surface area (Å²) in [5.74, 6) is 1.55. The van der Waals surface area contributed by atoms with Crippen molar-refractivity contribution in [1.29, 1.82) is 0 Å². The van der Waals surface area contributed by atoms with Crippen LogP contribution in [0.4, 0.5) is 11.4 Å². The van der Waals surface area contributed by atoms with Crippen molar-refractivity contribution >= 4 is 28.3 Å². The number of fused-ring (bicyclic) bond motifs is 1. The maximum atomic E-state index is 12.4. The molecule has 1 amide bonds. The predicted octanol–water partition coefficient (Wildman–Crippen LogP) is 6.63. The number of carbonyl (C=O) groups excluding carboxylic acids is 1. The lowest BCUT2D eigenvalue weighted by Crippen LogP contribution is -2.23. The van der Waals surface area contributed by atoms with E-state index in [2.05, 4.69) is 27.3 Å². The number of benzene rings is 1. The number of carbonyl (C=O) groups is 1. The summed E-state index contributed by atoms with van der Waals surface area (Å²) in [5, 5.41) is 3.07. The van der Waals surface area contributed by atoms with Crippen molar-refractivity contribution in [2.45, 2.75) is 91.9 Å². The Morgan fingerprint density at radius 1 is 1.09 bits per heavy atom. The molecule has 32 heavy (non-hydrogen) atoms. The Labute approximate surface area is 194 Å². The number of amides is 1. The van der Waals surface area contributed by atoms with Crippen molar-refractivity contribution < 1.29 is 9.53 Å². The van der Waals surface area contributed by atoms with Gasteiger partial charge in [-0.25, -0.2) is 4.98 Å². The molecule has 0 unspecified atom stereocenters. The monoisotopic (exact) mass is 444 g/mol. The molecule has 1 aromatic heterocycles. The van der Waals surface area contributed by atoms with Crippen LogP contribution in [0.25, 0.3) is 11.0 Å². The van der Waals surface area contributed by atoms with Crippen LogP contribution in [0.3, 0.4) is 0 Å². The first-order valence-corrected chi connectivity index (χ1v) is 12.9. The zero-order valence-corrected chi connectivity index (χ0v) is 20.9. The first kappa shape index (κ1) is 26.2. The summed E-state index contributed by atoms with van der Waals surface area (Å²) in [7, 11) is 0. The van der Waals surface area contributed by atoms with Crippen LogP contribution >= 0.6 is 0 Å². The number of imidazole rings is 1. The summed E-state index contributed by atoms with van der Waals surface area (Å²) in [4.78, 5) is 23.2. The van der Waals surface area contributed by atoms with Gasteiger partial charge in [-0.15, -0.1) is 0 Å². The van der Waals surface area contributed by atoms with Crippen LogP contribution in [0.15, 0.2) is 12.1 Å². The van der Waals surface area contributed by atoms with Crippen LogP contribution < -0.4 is 10.2 Å². The fourth-order valence-corrected chi connectivity index (χ4v) is 4.45. The number of aromatic amines is 1. The molecular formula is C26H44N4O2. The lowest BCUT2D eigenvalue weighted by atomic mass is 9.89. The zero-order valence-electron chi connectivity index (χ0n) is 20.9. The molecule has 6 nitrogen and oxygen atoms in total. The Morgan fingerprint density at radius 2 is 1.78 bits per heavy atom. The van der Waals surface area contributed by atoms with E-state index < -0.39 is 0 Å². The summed E-state index contributed by atoms with van der Waals surface area (Å²) in [6, 6.07) is 4.20. The maximum Gasteiger partial charge on any atom is 0.250 e. The molecule has 1 saturated heterocycles. The van der Waals surface area contributed by atoms with E-state index in [4.69, 9.17) is 9.72 Å². The second-order valence-corrected chi connectivity index (χ2v) is 8.14. The second-order valence-electron chi connectivity index (χ2n) is 8.14. The Kier molecular flexibility index (Phi) is 11.6. The van der Waals surface area contributed by atoms with Crippen molar-refractivity contribution in [3.05, 3.63) is 18.0 Å². The van der Waals surface area contributed by atoms with E-state index in [9.17, 15) is 4.79 Å². The minimum absolute atomic E-state index is 0.0970. The molecule has 2 N–H and O–H groups in total. The SMILES string of the molecule is CC.CC.CCCOCC(=O)Nc1cc2[nH]c(C3CCCCC3)nc2cc1N1CCCC1. The van der Waals surface area contributed by atoms with Crippen LogP contribution in [0.5, 0.6) is 0 Å². The van der Waals surface area contributed by atoms with Crippen molar-refractivity contribution in [2.75, 3.05) is 36.5 Å². The molecule has 4 rings (SSSR count). The first-order chi connectivity index (χ1) is 15.7. The topological polar surface area (TPSA) is 70.2 Å².